The first-order valence-corrected chi connectivity index (χ1v) is 5.69. The van der Waals surface area contributed by atoms with E-state index >= 15 is 0 Å². The van der Waals surface area contributed by atoms with Gasteiger partial charge in [-0.2, -0.15) is 10.5 Å². The Morgan fingerprint density at radius 2 is 1.95 bits per heavy atom. The second kappa shape index (κ2) is 6.32. The fraction of sp³-hybridized carbons (Fsp3) is 0.0833. The maximum absolute atomic E-state index is 8.45. The highest BCUT2D eigenvalue weighted by Gasteiger charge is 2.09. The number of aromatic nitrogens is 2. The first-order chi connectivity index (χ1) is 9.72. The average molecular weight is 288 g/mol. The first kappa shape index (κ1) is 13.5. The van der Waals surface area contributed by atoms with Crippen molar-refractivity contribution in [2.45, 2.75) is 6.61 Å². The number of hydrogen-bond acceptors (Lipinski definition) is 7. The molecule has 0 radical (unpaired) electrons. The third-order valence-electron chi connectivity index (χ3n) is 2.11. The number of oxime groups is 1. The van der Waals surface area contributed by atoms with E-state index in [1.807, 2.05) is 0 Å². The minimum absolute atomic E-state index is 0.131. The first-order valence-electron chi connectivity index (χ1n) is 5.31. The molecule has 0 unspecified atom stereocenters. The SMILES string of the molecule is N#CC(C#N)=NOCc1nnc(-c2ccc(Cl)cc2)o1. The summed E-state index contributed by atoms with van der Waals surface area (Å²) in [6, 6.07) is 10.00. The van der Waals surface area contributed by atoms with Crippen LogP contribution in [0.4, 0.5) is 0 Å². The highest BCUT2D eigenvalue weighted by Crippen LogP contribution is 2.20. The zero-order chi connectivity index (χ0) is 14.4. The maximum atomic E-state index is 8.45. The Morgan fingerprint density at radius 3 is 2.60 bits per heavy atom. The molecule has 0 saturated carbocycles. The number of benzene rings is 1. The van der Waals surface area contributed by atoms with Crippen molar-refractivity contribution in [3.8, 4) is 23.6 Å². The van der Waals surface area contributed by atoms with E-state index in [1.165, 1.54) is 0 Å². The molecule has 0 atom stereocenters. The molecular weight excluding hydrogens is 282 g/mol. The molecule has 98 valence electrons. The molecule has 0 fully saturated rings. The largest absolute Gasteiger partial charge is 0.417 e. The molecule has 0 aliphatic rings. The molecule has 2 aromatic rings. The zero-order valence-corrected chi connectivity index (χ0v) is 10.7. The standard InChI is InChI=1S/C12H6ClN5O2/c13-9-3-1-8(2-4-9)12-17-16-11(20-12)7-19-18-10(5-14)6-15/h1-4H,7H2. The van der Waals surface area contributed by atoms with Gasteiger partial charge in [-0.25, -0.2) is 0 Å². The summed E-state index contributed by atoms with van der Waals surface area (Å²) in [7, 11) is 0. The van der Waals surface area contributed by atoms with Gasteiger partial charge in [0.05, 0.1) is 0 Å². The van der Waals surface area contributed by atoms with Gasteiger partial charge in [0.15, 0.2) is 6.61 Å². The monoisotopic (exact) mass is 287 g/mol. The van der Waals surface area contributed by atoms with Gasteiger partial charge in [-0.15, -0.1) is 10.2 Å². The number of hydrogen-bond donors (Lipinski definition) is 0. The number of nitrogens with zero attached hydrogens (tertiary/aromatic N) is 5. The van der Waals surface area contributed by atoms with Gasteiger partial charge in [0, 0.05) is 10.6 Å². The number of rotatable bonds is 4. The smallest absolute Gasteiger partial charge is 0.257 e. The van der Waals surface area contributed by atoms with E-state index in [-0.39, 0.29) is 18.2 Å². The van der Waals surface area contributed by atoms with E-state index < -0.39 is 0 Å². The Balaban J connectivity index is 2.03. The Kier molecular flexibility index (Phi) is 4.28. The van der Waals surface area contributed by atoms with Gasteiger partial charge in [0.2, 0.25) is 5.89 Å². The van der Waals surface area contributed by atoms with Gasteiger partial charge in [-0.1, -0.05) is 16.8 Å². The average Bonchev–Trinajstić information content (AvgIpc) is 2.93. The fourth-order valence-corrected chi connectivity index (χ4v) is 1.36. The molecule has 0 spiro atoms. The summed E-state index contributed by atoms with van der Waals surface area (Å²) in [5, 5.41) is 28.4. The summed E-state index contributed by atoms with van der Waals surface area (Å²) in [6.45, 7) is -0.131. The lowest BCUT2D eigenvalue weighted by atomic mass is 10.2. The van der Waals surface area contributed by atoms with Crippen molar-refractivity contribution in [2.24, 2.45) is 5.16 Å². The fourth-order valence-electron chi connectivity index (χ4n) is 1.24. The quantitative estimate of drug-likeness (QED) is 0.630. The highest BCUT2D eigenvalue weighted by molar-refractivity contribution is 6.30. The number of halogens is 1. The van der Waals surface area contributed by atoms with Crippen molar-refractivity contribution >= 4 is 17.3 Å². The van der Waals surface area contributed by atoms with Crippen LogP contribution < -0.4 is 0 Å². The van der Waals surface area contributed by atoms with Crippen LogP contribution in [0.5, 0.6) is 0 Å². The van der Waals surface area contributed by atoms with Crippen molar-refractivity contribution in [1.29, 1.82) is 10.5 Å². The molecule has 0 aliphatic heterocycles. The van der Waals surface area contributed by atoms with E-state index in [4.69, 9.17) is 31.4 Å². The molecule has 2 rings (SSSR count). The molecule has 1 aromatic heterocycles. The molecule has 8 heteroatoms. The highest BCUT2D eigenvalue weighted by atomic mass is 35.5. The van der Waals surface area contributed by atoms with Crippen molar-refractivity contribution < 1.29 is 9.25 Å². The van der Waals surface area contributed by atoms with Crippen LogP contribution in [-0.4, -0.2) is 15.9 Å². The van der Waals surface area contributed by atoms with Crippen molar-refractivity contribution in [3.63, 3.8) is 0 Å². The second-order valence-corrected chi connectivity index (χ2v) is 3.88. The summed E-state index contributed by atoms with van der Waals surface area (Å²) in [6.07, 6.45) is 0. The molecule has 0 amide bonds. The topological polar surface area (TPSA) is 108 Å². The molecule has 0 aliphatic carbocycles. The van der Waals surface area contributed by atoms with Crippen LogP contribution in [0, 0.1) is 22.7 Å². The third kappa shape index (κ3) is 3.31. The lowest BCUT2D eigenvalue weighted by molar-refractivity contribution is 0.112. The molecule has 20 heavy (non-hydrogen) atoms. The lowest BCUT2D eigenvalue weighted by Gasteiger charge is -1.94. The molecule has 1 heterocycles. The summed E-state index contributed by atoms with van der Waals surface area (Å²) < 4.78 is 5.33. The van der Waals surface area contributed by atoms with E-state index in [1.54, 1.807) is 36.4 Å². The summed E-state index contributed by atoms with van der Waals surface area (Å²) >= 11 is 5.78. The second-order valence-electron chi connectivity index (χ2n) is 3.44. The molecule has 7 nitrogen and oxygen atoms in total. The summed E-state index contributed by atoms with van der Waals surface area (Å²) in [5.74, 6) is 0.485. The van der Waals surface area contributed by atoms with Crippen LogP contribution in [0.15, 0.2) is 33.8 Å². The van der Waals surface area contributed by atoms with E-state index in [0.717, 1.165) is 0 Å². The van der Waals surface area contributed by atoms with Crippen molar-refractivity contribution in [2.75, 3.05) is 0 Å². The predicted octanol–water partition coefficient (Wildman–Crippen LogP) is 2.31. The van der Waals surface area contributed by atoms with Crippen LogP contribution in [0.1, 0.15) is 5.89 Å². The van der Waals surface area contributed by atoms with E-state index in [2.05, 4.69) is 15.4 Å². The van der Waals surface area contributed by atoms with Crippen LogP contribution in [0.25, 0.3) is 11.5 Å². The number of nitriles is 2. The predicted molar refractivity (Wildman–Crippen MR) is 68.2 cm³/mol. The van der Waals surface area contributed by atoms with Gasteiger partial charge in [0.1, 0.15) is 12.1 Å². The molecule has 1 aromatic carbocycles. The van der Waals surface area contributed by atoms with Crippen LogP contribution in [-0.2, 0) is 11.4 Å². The third-order valence-corrected chi connectivity index (χ3v) is 2.37. The van der Waals surface area contributed by atoms with Gasteiger partial charge >= 0.3 is 0 Å². The van der Waals surface area contributed by atoms with E-state index in [9.17, 15) is 0 Å². The van der Waals surface area contributed by atoms with Gasteiger partial charge in [0.25, 0.3) is 11.6 Å². The Hall–Kier alpha value is -2.90. The molecule has 0 N–H and O–H groups in total. The van der Waals surface area contributed by atoms with E-state index in [0.29, 0.717) is 16.5 Å². The Morgan fingerprint density at radius 1 is 1.25 bits per heavy atom. The van der Waals surface area contributed by atoms with Crippen molar-refractivity contribution in [3.05, 3.63) is 35.2 Å². The van der Waals surface area contributed by atoms with Gasteiger partial charge < -0.3 is 9.25 Å². The van der Waals surface area contributed by atoms with Crippen LogP contribution >= 0.6 is 11.6 Å². The normalized spacial score (nSPS) is 9.35. The zero-order valence-electron chi connectivity index (χ0n) is 9.95. The molecule has 0 saturated heterocycles. The van der Waals surface area contributed by atoms with Crippen LogP contribution in [0.3, 0.4) is 0 Å². The van der Waals surface area contributed by atoms with Crippen molar-refractivity contribution in [1.82, 2.24) is 10.2 Å². The Labute approximate surface area is 118 Å². The van der Waals surface area contributed by atoms with Gasteiger partial charge in [-0.05, 0) is 24.3 Å². The molecular formula is C12H6ClN5O2. The Bertz CT molecular complexity index is 693. The summed E-state index contributed by atoms with van der Waals surface area (Å²) in [4.78, 5) is 4.76. The lowest BCUT2D eigenvalue weighted by Crippen LogP contribution is -1.93. The minimum Gasteiger partial charge on any atom is -0.417 e. The maximum Gasteiger partial charge on any atom is 0.257 e. The minimum atomic E-state index is -0.387. The molecule has 0 bridgehead atoms. The van der Waals surface area contributed by atoms with Crippen LogP contribution in [0.2, 0.25) is 5.02 Å². The summed E-state index contributed by atoms with van der Waals surface area (Å²) in [5.41, 5.74) is 0.328. The van der Waals surface area contributed by atoms with Gasteiger partial charge in [-0.3, -0.25) is 0 Å².